The molecule has 0 radical (unpaired) electrons. The van der Waals surface area contributed by atoms with E-state index >= 15 is 0 Å². The zero-order chi connectivity index (χ0) is 18.2. The van der Waals surface area contributed by atoms with Crippen LogP contribution in [0.15, 0.2) is 0 Å². The van der Waals surface area contributed by atoms with Crippen molar-refractivity contribution in [1.29, 1.82) is 0 Å². The van der Waals surface area contributed by atoms with Gasteiger partial charge in [-0.3, -0.25) is 9.48 Å². The fourth-order valence-electron chi connectivity index (χ4n) is 4.01. The normalized spacial score (nSPS) is 31.9. The molecule has 4 nitrogen and oxygen atoms in total. The summed E-state index contributed by atoms with van der Waals surface area (Å²) >= 11 is 3.44. The van der Waals surface area contributed by atoms with Crippen molar-refractivity contribution in [2.24, 2.45) is 5.92 Å². The summed E-state index contributed by atoms with van der Waals surface area (Å²) in [5.74, 6) is 0.430. The Hall–Kier alpha value is -0.830. The van der Waals surface area contributed by atoms with E-state index in [2.05, 4.69) is 18.9 Å². The highest BCUT2D eigenvalue weighted by Gasteiger charge is 2.69. The van der Waals surface area contributed by atoms with Crippen LogP contribution in [0.2, 0.25) is 0 Å². The zero-order valence-electron chi connectivity index (χ0n) is 14.1. The maximum atomic E-state index is 13.6. The van der Waals surface area contributed by atoms with E-state index in [1.54, 1.807) is 30.4 Å². The molecule has 0 bridgehead atoms. The van der Waals surface area contributed by atoms with Gasteiger partial charge in [0.05, 0.1) is 12.3 Å². The molecule has 1 aromatic heterocycles. The molecule has 1 saturated heterocycles. The third-order valence-corrected chi connectivity index (χ3v) is 8.96. The molecule has 1 aromatic rings. The summed E-state index contributed by atoms with van der Waals surface area (Å²) in [4.78, 5) is 11.9. The number of halogens is 3. The number of hydrogen-bond donors (Lipinski definition) is 0. The number of carbonyl (C=O) groups excluding carboxylic acids is 1. The van der Waals surface area contributed by atoms with E-state index in [0.717, 1.165) is 12.2 Å². The number of carbonyl (C=O) groups is 1. The Morgan fingerprint density at radius 1 is 1.44 bits per heavy atom. The molecule has 1 unspecified atom stereocenters. The summed E-state index contributed by atoms with van der Waals surface area (Å²) in [7, 11) is 0. The molecule has 3 aliphatic rings. The SMILES string of the molecule is CCOC(=O)Cn1nc(C(F)(F)F)c2c1C1(SCC(C)(C)S1)[C@@H]1C[C@H]21. The molecule has 1 saturated carbocycles. The van der Waals surface area contributed by atoms with E-state index in [1.165, 1.54) is 4.68 Å². The zero-order valence-corrected chi connectivity index (χ0v) is 15.8. The Bertz CT molecular complexity index is 746. The van der Waals surface area contributed by atoms with Gasteiger partial charge in [-0.25, -0.2) is 0 Å². The molecular formula is C16H19F3N2O2S2. The number of alkyl halides is 3. The highest BCUT2D eigenvalue weighted by atomic mass is 32.2. The number of hydrogen-bond acceptors (Lipinski definition) is 5. The van der Waals surface area contributed by atoms with Gasteiger partial charge in [0.25, 0.3) is 0 Å². The van der Waals surface area contributed by atoms with Crippen LogP contribution < -0.4 is 0 Å². The Kier molecular flexibility index (Phi) is 3.76. The lowest BCUT2D eigenvalue weighted by molar-refractivity contribution is -0.146. The van der Waals surface area contributed by atoms with Crippen molar-refractivity contribution in [2.45, 2.75) is 54.7 Å². The molecule has 2 aliphatic carbocycles. The van der Waals surface area contributed by atoms with Crippen LogP contribution >= 0.6 is 23.5 Å². The minimum Gasteiger partial charge on any atom is -0.465 e. The van der Waals surface area contributed by atoms with Gasteiger partial charge in [-0.1, -0.05) is 0 Å². The minimum absolute atomic E-state index is 0.0170. The quantitative estimate of drug-likeness (QED) is 0.728. The van der Waals surface area contributed by atoms with E-state index in [-0.39, 0.29) is 29.7 Å². The first-order valence-corrected chi connectivity index (χ1v) is 10.1. The van der Waals surface area contributed by atoms with Crippen LogP contribution in [0.5, 0.6) is 0 Å². The highest BCUT2D eigenvalue weighted by Crippen LogP contribution is 2.78. The van der Waals surface area contributed by atoms with Crippen molar-refractivity contribution in [3.8, 4) is 0 Å². The summed E-state index contributed by atoms with van der Waals surface area (Å²) in [5, 5.41) is 3.83. The van der Waals surface area contributed by atoms with Crippen LogP contribution in [-0.4, -0.2) is 32.9 Å². The third-order valence-electron chi connectivity index (χ3n) is 4.88. The van der Waals surface area contributed by atoms with Gasteiger partial charge < -0.3 is 4.74 Å². The van der Waals surface area contributed by atoms with Crippen molar-refractivity contribution in [3.63, 3.8) is 0 Å². The maximum absolute atomic E-state index is 13.6. The standard InChI is InChI=1S/C16H19F3N2O2S2/c1-4-23-10(22)6-21-13-11(12(20-21)16(17,18)19)8-5-9(8)15(13)24-7-14(2,3)25-15/h8-9H,4-7H2,1-3H3/t8-,9+,15?/m0/s1. The number of fused-ring (bicyclic) bond motifs is 5. The molecule has 4 rings (SSSR count). The van der Waals surface area contributed by atoms with Gasteiger partial charge >= 0.3 is 12.1 Å². The fraction of sp³-hybridized carbons (Fsp3) is 0.750. The predicted molar refractivity (Wildman–Crippen MR) is 90.5 cm³/mol. The van der Waals surface area contributed by atoms with Crippen molar-refractivity contribution in [1.82, 2.24) is 9.78 Å². The smallest absolute Gasteiger partial charge is 0.435 e. The van der Waals surface area contributed by atoms with E-state index < -0.39 is 21.9 Å². The Labute approximate surface area is 152 Å². The first-order chi connectivity index (χ1) is 11.6. The van der Waals surface area contributed by atoms with Crippen molar-refractivity contribution in [2.75, 3.05) is 12.4 Å². The lowest BCUT2D eigenvalue weighted by Gasteiger charge is -2.28. The second-order valence-electron chi connectivity index (χ2n) is 7.34. The fourth-order valence-corrected chi connectivity index (χ4v) is 8.44. The van der Waals surface area contributed by atoms with Crippen molar-refractivity contribution in [3.05, 3.63) is 17.0 Å². The van der Waals surface area contributed by atoms with Gasteiger partial charge in [-0.05, 0) is 39.0 Å². The summed E-state index contributed by atoms with van der Waals surface area (Å²) in [6.45, 7) is 5.84. The number of aromatic nitrogens is 2. The van der Waals surface area contributed by atoms with Crippen molar-refractivity contribution >= 4 is 29.5 Å². The van der Waals surface area contributed by atoms with Crippen LogP contribution in [-0.2, 0) is 26.3 Å². The highest BCUT2D eigenvalue weighted by molar-refractivity contribution is 8.21. The molecule has 1 aliphatic heterocycles. The summed E-state index contributed by atoms with van der Waals surface area (Å²) < 4.78 is 46.4. The van der Waals surface area contributed by atoms with Crippen LogP contribution in [0.4, 0.5) is 13.2 Å². The lowest BCUT2D eigenvalue weighted by atomic mass is 10.1. The van der Waals surface area contributed by atoms with Crippen molar-refractivity contribution < 1.29 is 22.7 Å². The van der Waals surface area contributed by atoms with Crippen LogP contribution in [0.1, 0.15) is 50.1 Å². The summed E-state index contributed by atoms with van der Waals surface area (Å²) in [6, 6.07) is 0. The first kappa shape index (κ1) is 17.6. The molecule has 0 aromatic carbocycles. The number of rotatable bonds is 3. The van der Waals surface area contributed by atoms with Gasteiger partial charge in [0.15, 0.2) is 5.69 Å². The average molecular weight is 392 g/mol. The van der Waals surface area contributed by atoms with Crippen LogP contribution in [0.3, 0.4) is 0 Å². The van der Waals surface area contributed by atoms with E-state index in [9.17, 15) is 18.0 Å². The molecule has 2 heterocycles. The van der Waals surface area contributed by atoms with Crippen LogP contribution in [0, 0.1) is 5.92 Å². The average Bonchev–Trinajstić information content (AvgIpc) is 2.98. The van der Waals surface area contributed by atoms with Gasteiger partial charge in [-0.15, -0.1) is 23.5 Å². The van der Waals surface area contributed by atoms with Gasteiger partial charge in [0.2, 0.25) is 0 Å². The Morgan fingerprint density at radius 3 is 2.72 bits per heavy atom. The molecule has 0 N–H and O–H groups in total. The minimum atomic E-state index is -4.51. The topological polar surface area (TPSA) is 44.1 Å². The lowest BCUT2D eigenvalue weighted by Crippen LogP contribution is -2.25. The Balaban J connectivity index is 1.83. The molecule has 9 heteroatoms. The summed E-state index contributed by atoms with van der Waals surface area (Å²) in [6.07, 6.45) is -3.73. The Morgan fingerprint density at radius 2 is 2.16 bits per heavy atom. The predicted octanol–water partition coefficient (Wildman–Crippen LogP) is 3.99. The first-order valence-electron chi connectivity index (χ1n) is 8.27. The molecule has 138 valence electrons. The molecule has 2 fully saturated rings. The number of thioether (sulfide) groups is 2. The number of ether oxygens (including phenoxy) is 1. The monoisotopic (exact) mass is 392 g/mol. The van der Waals surface area contributed by atoms with Gasteiger partial charge in [0, 0.05) is 16.1 Å². The van der Waals surface area contributed by atoms with Gasteiger partial charge in [-0.2, -0.15) is 18.3 Å². The van der Waals surface area contributed by atoms with E-state index in [4.69, 9.17) is 4.74 Å². The van der Waals surface area contributed by atoms with Crippen LogP contribution in [0.25, 0.3) is 0 Å². The van der Waals surface area contributed by atoms with Gasteiger partial charge in [0.1, 0.15) is 10.6 Å². The van der Waals surface area contributed by atoms with E-state index in [0.29, 0.717) is 11.3 Å². The largest absolute Gasteiger partial charge is 0.465 e. The molecular weight excluding hydrogens is 373 g/mol. The number of esters is 1. The maximum Gasteiger partial charge on any atom is 0.435 e. The van der Waals surface area contributed by atoms with E-state index in [1.807, 2.05) is 0 Å². The third kappa shape index (κ3) is 2.60. The number of nitrogens with zero attached hydrogens (tertiary/aromatic N) is 2. The molecule has 0 amide bonds. The second kappa shape index (κ2) is 5.34. The molecule has 1 spiro atoms. The molecule has 3 atom stereocenters. The molecule has 25 heavy (non-hydrogen) atoms. The second-order valence-corrected chi connectivity index (χ2v) is 10.8. The summed E-state index contributed by atoms with van der Waals surface area (Å²) in [5.41, 5.74) is 0.0938.